The molecule has 1 saturated heterocycles. The van der Waals surface area contributed by atoms with Crippen molar-refractivity contribution in [2.75, 3.05) is 34.8 Å². The van der Waals surface area contributed by atoms with Gasteiger partial charge in [0.15, 0.2) is 5.13 Å². The number of aromatic carboxylic acids is 1. The van der Waals surface area contributed by atoms with E-state index in [9.17, 15) is 19.5 Å². The summed E-state index contributed by atoms with van der Waals surface area (Å²) < 4.78 is 0. The van der Waals surface area contributed by atoms with Crippen molar-refractivity contribution in [3.63, 3.8) is 0 Å². The summed E-state index contributed by atoms with van der Waals surface area (Å²) in [5, 5.41) is 15.4. The van der Waals surface area contributed by atoms with Crippen LogP contribution in [0.5, 0.6) is 0 Å². The number of rotatable bonds is 6. The number of carboxylic acid groups (broad SMARTS) is 1. The molecule has 0 aromatic carbocycles. The summed E-state index contributed by atoms with van der Waals surface area (Å²) in [5.41, 5.74) is 1.72. The van der Waals surface area contributed by atoms with Crippen molar-refractivity contribution in [1.82, 2.24) is 25.3 Å². The third-order valence-electron chi connectivity index (χ3n) is 5.44. The van der Waals surface area contributed by atoms with Crippen molar-refractivity contribution >= 4 is 51.8 Å². The number of pyridine rings is 1. The second-order valence-corrected chi connectivity index (χ2v) is 8.78. The van der Waals surface area contributed by atoms with Gasteiger partial charge in [-0.15, -0.1) is 0 Å². The molecule has 3 aromatic rings. The van der Waals surface area contributed by atoms with Crippen molar-refractivity contribution in [1.29, 1.82) is 0 Å². The molecule has 0 radical (unpaired) electrons. The fourth-order valence-corrected chi connectivity index (χ4v) is 4.70. The lowest BCUT2D eigenvalue weighted by atomic mass is 10.2. The smallest absolute Gasteiger partial charge is 0.347 e. The first-order chi connectivity index (χ1) is 16.4. The average molecular weight is 481 g/mol. The van der Waals surface area contributed by atoms with Crippen LogP contribution in [0.4, 0.5) is 22.7 Å². The minimum absolute atomic E-state index is 0.107. The van der Waals surface area contributed by atoms with E-state index in [4.69, 9.17) is 0 Å². The van der Waals surface area contributed by atoms with Crippen LogP contribution in [-0.4, -0.2) is 62.5 Å². The first-order valence-corrected chi connectivity index (χ1v) is 11.3. The van der Waals surface area contributed by atoms with Crippen LogP contribution in [0.25, 0.3) is 0 Å². The predicted molar refractivity (Wildman–Crippen MR) is 123 cm³/mol. The number of hydrogen-bond acceptors (Lipinski definition) is 10. The number of fused-ring (bicyclic) bond motifs is 1. The lowest BCUT2D eigenvalue weighted by molar-refractivity contribution is -0.120. The van der Waals surface area contributed by atoms with Crippen LogP contribution in [0, 0.1) is 6.92 Å². The second-order valence-electron chi connectivity index (χ2n) is 7.79. The van der Waals surface area contributed by atoms with Crippen molar-refractivity contribution in [2.24, 2.45) is 0 Å². The van der Waals surface area contributed by atoms with Gasteiger partial charge in [0.25, 0.3) is 0 Å². The highest BCUT2D eigenvalue weighted by Gasteiger charge is 2.35. The van der Waals surface area contributed by atoms with Crippen LogP contribution in [0.1, 0.15) is 26.6 Å². The summed E-state index contributed by atoms with van der Waals surface area (Å²) in [7, 11) is 0. The predicted octanol–water partition coefficient (Wildman–Crippen LogP) is 1.10. The summed E-state index contributed by atoms with van der Waals surface area (Å²) in [6, 6.07) is 5.47. The highest BCUT2D eigenvalue weighted by Crippen LogP contribution is 2.36. The van der Waals surface area contributed by atoms with E-state index in [0.29, 0.717) is 46.8 Å². The van der Waals surface area contributed by atoms with E-state index in [1.54, 1.807) is 24.1 Å². The molecule has 0 spiro atoms. The van der Waals surface area contributed by atoms with Crippen molar-refractivity contribution in [3.8, 4) is 0 Å². The van der Waals surface area contributed by atoms with Gasteiger partial charge >= 0.3 is 5.97 Å². The highest BCUT2D eigenvalue weighted by molar-refractivity contribution is 7.17. The summed E-state index contributed by atoms with van der Waals surface area (Å²) in [6.45, 7) is 2.95. The lowest BCUT2D eigenvalue weighted by Crippen LogP contribution is -2.48. The molecule has 12 nitrogen and oxygen atoms in total. The minimum Gasteiger partial charge on any atom is -0.477 e. The van der Waals surface area contributed by atoms with Gasteiger partial charge in [0.2, 0.25) is 17.8 Å². The number of aromatic nitrogens is 4. The molecule has 2 aliphatic heterocycles. The molecule has 1 fully saturated rings. The normalized spacial score (nSPS) is 15.3. The number of piperazine rings is 1. The zero-order chi connectivity index (χ0) is 23.8. The quantitative estimate of drug-likeness (QED) is 0.467. The van der Waals surface area contributed by atoms with Crippen LogP contribution in [0.3, 0.4) is 0 Å². The van der Waals surface area contributed by atoms with E-state index in [-0.39, 0.29) is 42.2 Å². The topological polar surface area (TPSA) is 154 Å². The SMILES string of the molecule is Cc1nc(Nc2nc(N3CCNC(=O)C3)c3c(n2)N(Cc2ccccn2)C(=O)C3)sc1C(=O)O. The van der Waals surface area contributed by atoms with Gasteiger partial charge in [-0.25, -0.2) is 9.78 Å². The zero-order valence-corrected chi connectivity index (χ0v) is 18.9. The van der Waals surface area contributed by atoms with Crippen LogP contribution < -0.4 is 20.4 Å². The van der Waals surface area contributed by atoms with Crippen LogP contribution in [0.15, 0.2) is 24.4 Å². The van der Waals surface area contributed by atoms with Crippen LogP contribution in [-0.2, 0) is 22.6 Å². The molecule has 5 heterocycles. The zero-order valence-electron chi connectivity index (χ0n) is 18.1. The number of anilines is 4. The van der Waals surface area contributed by atoms with Gasteiger partial charge in [-0.05, 0) is 19.1 Å². The van der Waals surface area contributed by atoms with E-state index in [0.717, 1.165) is 11.3 Å². The Morgan fingerprint density at radius 1 is 1.24 bits per heavy atom. The average Bonchev–Trinajstić information content (AvgIpc) is 3.33. The van der Waals surface area contributed by atoms with Gasteiger partial charge in [-0.3, -0.25) is 24.8 Å². The van der Waals surface area contributed by atoms with Crippen molar-refractivity contribution < 1.29 is 19.5 Å². The maximum absolute atomic E-state index is 13.0. The summed E-state index contributed by atoms with van der Waals surface area (Å²) in [5.74, 6) is -0.263. The largest absolute Gasteiger partial charge is 0.477 e. The number of amides is 2. The molecule has 2 amide bonds. The van der Waals surface area contributed by atoms with Crippen molar-refractivity contribution in [2.45, 2.75) is 19.9 Å². The Bertz CT molecular complexity index is 1300. The molecule has 3 aromatic heterocycles. The number of nitrogens with one attached hydrogen (secondary N) is 2. The number of nitrogens with zero attached hydrogens (tertiary/aromatic N) is 6. The van der Waals surface area contributed by atoms with Crippen LogP contribution >= 0.6 is 11.3 Å². The fraction of sp³-hybridized carbons (Fsp3) is 0.286. The Balaban J connectivity index is 1.55. The molecule has 0 unspecified atom stereocenters. The van der Waals surface area contributed by atoms with Gasteiger partial charge in [0.05, 0.1) is 30.9 Å². The first kappa shape index (κ1) is 21.7. The van der Waals surface area contributed by atoms with E-state index in [1.807, 2.05) is 17.0 Å². The van der Waals surface area contributed by atoms with Gasteiger partial charge in [0.1, 0.15) is 16.5 Å². The molecule has 13 heteroatoms. The molecule has 3 N–H and O–H groups in total. The third kappa shape index (κ3) is 4.12. The second kappa shape index (κ2) is 8.67. The number of hydrogen-bond donors (Lipinski definition) is 3. The summed E-state index contributed by atoms with van der Waals surface area (Å²) in [6.07, 6.45) is 1.77. The molecule has 2 aliphatic rings. The molecular formula is C21H20N8O4S. The summed E-state index contributed by atoms with van der Waals surface area (Å²) >= 11 is 0.971. The monoisotopic (exact) mass is 480 g/mol. The van der Waals surface area contributed by atoms with Gasteiger partial charge < -0.3 is 15.3 Å². The van der Waals surface area contributed by atoms with Gasteiger partial charge in [-0.2, -0.15) is 9.97 Å². The third-order valence-corrected chi connectivity index (χ3v) is 6.50. The fourth-order valence-electron chi connectivity index (χ4n) is 3.90. The molecule has 0 bridgehead atoms. The molecule has 5 rings (SSSR count). The molecule has 34 heavy (non-hydrogen) atoms. The summed E-state index contributed by atoms with van der Waals surface area (Å²) in [4.78, 5) is 57.6. The minimum atomic E-state index is -1.06. The number of carbonyl (C=O) groups is 3. The molecular weight excluding hydrogens is 460 g/mol. The lowest BCUT2D eigenvalue weighted by Gasteiger charge is -2.29. The number of thiazole rings is 1. The first-order valence-electron chi connectivity index (χ1n) is 10.5. The van der Waals surface area contributed by atoms with Crippen LogP contribution in [0.2, 0.25) is 0 Å². The van der Waals surface area contributed by atoms with E-state index >= 15 is 0 Å². The number of aryl methyl sites for hydroxylation is 1. The Hall–Kier alpha value is -4.13. The highest BCUT2D eigenvalue weighted by atomic mass is 32.1. The molecule has 0 aliphatic carbocycles. The van der Waals surface area contributed by atoms with E-state index in [1.165, 1.54) is 0 Å². The number of carboxylic acids is 1. The van der Waals surface area contributed by atoms with Gasteiger partial charge in [0, 0.05) is 24.8 Å². The van der Waals surface area contributed by atoms with Crippen molar-refractivity contribution in [3.05, 3.63) is 46.2 Å². The Morgan fingerprint density at radius 2 is 2.06 bits per heavy atom. The molecule has 0 atom stereocenters. The van der Waals surface area contributed by atoms with E-state index < -0.39 is 5.97 Å². The van der Waals surface area contributed by atoms with E-state index in [2.05, 4.69) is 30.6 Å². The Labute approximate surface area is 197 Å². The Kier molecular flexibility index (Phi) is 5.53. The maximum atomic E-state index is 13.0. The molecule has 174 valence electrons. The van der Waals surface area contributed by atoms with Gasteiger partial charge in [-0.1, -0.05) is 17.4 Å². The molecule has 0 saturated carbocycles. The standard InChI is InChI=1S/C21H20N8O4S/c1-11-16(19(32)33)34-21(24-11)27-20-25-17(28-7-6-23-14(30)10-28)13-8-15(31)29(18(13)26-20)9-12-4-2-3-5-22-12/h2-5H,6-10H2,1H3,(H,23,30)(H,32,33)(H,24,25,26,27). The number of carbonyl (C=O) groups excluding carboxylic acids is 2. The maximum Gasteiger partial charge on any atom is 0.347 e. The Morgan fingerprint density at radius 3 is 2.76 bits per heavy atom.